The molecule has 2 aliphatic rings. The number of nitrogens with zero attached hydrogens (tertiary/aromatic N) is 2. The van der Waals surface area contributed by atoms with Crippen LogP contribution in [0.25, 0.3) is 0 Å². The average molecular weight is 449 g/mol. The number of thiophene rings is 2. The molecule has 0 saturated carbocycles. The fourth-order valence-electron chi connectivity index (χ4n) is 5.10. The monoisotopic (exact) mass is 448 g/mol. The Kier molecular flexibility index (Phi) is 7.66. The molecular weight excluding hydrogens is 412 g/mol. The molecule has 2 saturated heterocycles. The summed E-state index contributed by atoms with van der Waals surface area (Å²) in [5.74, 6) is 0. The summed E-state index contributed by atoms with van der Waals surface area (Å²) in [5.41, 5.74) is -2.56. The van der Waals surface area contributed by atoms with Crippen molar-refractivity contribution in [2.75, 3.05) is 39.3 Å². The number of hydrogen-bond donors (Lipinski definition) is 2. The molecule has 2 N–H and O–H groups in total. The lowest BCUT2D eigenvalue weighted by Gasteiger charge is -2.45. The maximum Gasteiger partial charge on any atom is 0.133 e. The molecule has 4 rings (SSSR count). The zero-order valence-electron chi connectivity index (χ0n) is 18.0. The molecule has 2 aromatic heterocycles. The SMILES string of the molecule is O[C@](CCN1CCCCC1)(c1cccs1)[C@@](O)(CCN1CCCCC1)c1cccs1. The molecule has 2 aliphatic heterocycles. The zero-order chi connectivity index (χ0) is 20.9. The second-order valence-electron chi connectivity index (χ2n) is 8.98. The Morgan fingerprint density at radius 3 is 1.40 bits per heavy atom. The maximum absolute atomic E-state index is 12.2. The van der Waals surface area contributed by atoms with Gasteiger partial charge in [0.25, 0.3) is 0 Å². The van der Waals surface area contributed by atoms with E-state index in [1.54, 1.807) is 22.7 Å². The van der Waals surface area contributed by atoms with Crippen LogP contribution in [0.1, 0.15) is 61.1 Å². The van der Waals surface area contributed by atoms with Gasteiger partial charge in [-0.25, -0.2) is 0 Å². The Bertz CT molecular complexity index is 675. The van der Waals surface area contributed by atoms with Gasteiger partial charge in [-0.15, -0.1) is 22.7 Å². The van der Waals surface area contributed by atoms with Gasteiger partial charge >= 0.3 is 0 Å². The van der Waals surface area contributed by atoms with Crippen LogP contribution >= 0.6 is 22.7 Å². The Hall–Kier alpha value is -0.760. The van der Waals surface area contributed by atoms with E-state index in [1.807, 2.05) is 35.0 Å². The molecule has 0 amide bonds. The molecule has 0 bridgehead atoms. The third-order valence-electron chi connectivity index (χ3n) is 7.02. The van der Waals surface area contributed by atoms with E-state index in [1.165, 1.54) is 38.5 Å². The van der Waals surface area contributed by atoms with Gasteiger partial charge in [0, 0.05) is 22.8 Å². The lowest BCUT2D eigenvalue weighted by Crippen LogP contribution is -2.52. The number of hydrogen-bond acceptors (Lipinski definition) is 6. The second kappa shape index (κ2) is 10.2. The van der Waals surface area contributed by atoms with Crippen molar-refractivity contribution in [3.63, 3.8) is 0 Å². The molecular formula is C24H36N2O2S2. The van der Waals surface area contributed by atoms with E-state index < -0.39 is 11.2 Å². The van der Waals surface area contributed by atoms with Gasteiger partial charge in [-0.1, -0.05) is 25.0 Å². The first-order chi connectivity index (χ1) is 14.6. The van der Waals surface area contributed by atoms with Crippen LogP contribution in [0, 0.1) is 0 Å². The molecule has 4 nitrogen and oxygen atoms in total. The highest BCUT2D eigenvalue weighted by atomic mass is 32.1. The van der Waals surface area contributed by atoms with Crippen LogP contribution in [0.3, 0.4) is 0 Å². The van der Waals surface area contributed by atoms with Gasteiger partial charge in [0.15, 0.2) is 0 Å². The predicted octanol–water partition coefficient (Wildman–Crippen LogP) is 4.64. The number of piperidine rings is 2. The Morgan fingerprint density at radius 2 is 1.07 bits per heavy atom. The molecule has 0 aliphatic carbocycles. The number of likely N-dealkylation sites (tertiary alicyclic amines) is 2. The first-order valence-corrected chi connectivity index (χ1v) is 13.4. The highest BCUT2D eigenvalue weighted by Crippen LogP contribution is 2.48. The van der Waals surface area contributed by atoms with E-state index in [0.29, 0.717) is 12.8 Å². The fourth-order valence-corrected chi connectivity index (χ4v) is 6.95. The topological polar surface area (TPSA) is 46.9 Å². The van der Waals surface area contributed by atoms with Crippen LogP contribution in [-0.2, 0) is 11.2 Å². The normalized spacial score (nSPS) is 23.1. The molecule has 2 fully saturated rings. The van der Waals surface area contributed by atoms with Crippen LogP contribution < -0.4 is 0 Å². The van der Waals surface area contributed by atoms with Crippen molar-refractivity contribution < 1.29 is 10.2 Å². The molecule has 0 radical (unpaired) electrons. The highest BCUT2D eigenvalue weighted by Gasteiger charge is 2.52. The Morgan fingerprint density at radius 1 is 0.667 bits per heavy atom. The minimum absolute atomic E-state index is 0.557. The first-order valence-electron chi connectivity index (χ1n) is 11.6. The van der Waals surface area contributed by atoms with E-state index in [0.717, 1.165) is 49.0 Å². The van der Waals surface area contributed by atoms with Gasteiger partial charge in [-0.05, 0) is 87.6 Å². The lowest BCUT2D eigenvalue weighted by atomic mass is 9.75. The van der Waals surface area contributed by atoms with Gasteiger partial charge < -0.3 is 20.0 Å². The largest absolute Gasteiger partial charge is 0.381 e. The summed E-state index contributed by atoms with van der Waals surface area (Å²) in [6.07, 6.45) is 8.68. The number of rotatable bonds is 9. The van der Waals surface area contributed by atoms with Crippen LogP contribution in [-0.4, -0.2) is 59.3 Å². The molecule has 30 heavy (non-hydrogen) atoms. The van der Waals surface area contributed by atoms with Crippen molar-refractivity contribution in [3.8, 4) is 0 Å². The van der Waals surface area contributed by atoms with Gasteiger partial charge in [0.05, 0.1) is 0 Å². The van der Waals surface area contributed by atoms with E-state index in [4.69, 9.17) is 0 Å². The Balaban J connectivity index is 1.60. The Labute approximate surface area is 189 Å². The van der Waals surface area contributed by atoms with E-state index in [2.05, 4.69) is 9.80 Å². The predicted molar refractivity (Wildman–Crippen MR) is 126 cm³/mol. The average Bonchev–Trinajstić information content (AvgIpc) is 3.52. The quantitative estimate of drug-likeness (QED) is 0.587. The van der Waals surface area contributed by atoms with Gasteiger partial charge in [0.1, 0.15) is 11.2 Å². The summed E-state index contributed by atoms with van der Waals surface area (Å²) < 4.78 is 0. The third-order valence-corrected chi connectivity index (χ3v) is 9.06. The summed E-state index contributed by atoms with van der Waals surface area (Å²) in [7, 11) is 0. The van der Waals surface area contributed by atoms with Crippen molar-refractivity contribution >= 4 is 22.7 Å². The standard InChI is InChI=1S/C24H36N2O2S2/c27-23(21-9-7-19-29-21,11-17-25-13-3-1-4-14-25)24(28,22-10-8-20-30-22)12-18-26-15-5-2-6-16-26/h7-10,19-20,27-28H,1-6,11-18H2/t23-,24-/m1/s1. The summed E-state index contributed by atoms with van der Waals surface area (Å²) >= 11 is 3.13. The molecule has 166 valence electrons. The lowest BCUT2D eigenvalue weighted by molar-refractivity contribution is -0.174. The van der Waals surface area contributed by atoms with Crippen molar-refractivity contribution in [1.29, 1.82) is 0 Å². The first kappa shape index (κ1) is 22.4. The third kappa shape index (κ3) is 4.84. The van der Waals surface area contributed by atoms with Crippen LogP contribution in [0.5, 0.6) is 0 Å². The van der Waals surface area contributed by atoms with Crippen molar-refractivity contribution in [3.05, 3.63) is 44.8 Å². The van der Waals surface area contributed by atoms with Crippen LogP contribution in [0.4, 0.5) is 0 Å². The minimum Gasteiger partial charge on any atom is -0.381 e. The molecule has 0 aromatic carbocycles. The number of aliphatic hydroxyl groups is 2. The zero-order valence-corrected chi connectivity index (χ0v) is 19.6. The van der Waals surface area contributed by atoms with E-state index in [9.17, 15) is 10.2 Å². The summed E-state index contributed by atoms with van der Waals surface area (Å²) in [5, 5.41) is 28.5. The fraction of sp³-hybridized carbons (Fsp3) is 0.667. The molecule has 4 heterocycles. The van der Waals surface area contributed by atoms with E-state index >= 15 is 0 Å². The highest BCUT2D eigenvalue weighted by molar-refractivity contribution is 7.10. The van der Waals surface area contributed by atoms with Gasteiger partial charge in [0.2, 0.25) is 0 Å². The van der Waals surface area contributed by atoms with Crippen molar-refractivity contribution in [2.24, 2.45) is 0 Å². The summed E-state index contributed by atoms with van der Waals surface area (Å²) in [6.45, 7) is 6.06. The molecule has 2 atom stereocenters. The maximum atomic E-state index is 12.2. The van der Waals surface area contributed by atoms with Crippen LogP contribution in [0.2, 0.25) is 0 Å². The van der Waals surface area contributed by atoms with Crippen molar-refractivity contribution in [2.45, 2.75) is 62.6 Å². The molecule has 0 spiro atoms. The van der Waals surface area contributed by atoms with Gasteiger partial charge in [-0.2, -0.15) is 0 Å². The minimum atomic E-state index is -1.28. The molecule has 6 heteroatoms. The summed E-state index contributed by atoms with van der Waals surface area (Å²) in [6, 6.07) is 7.98. The smallest absolute Gasteiger partial charge is 0.133 e. The van der Waals surface area contributed by atoms with Gasteiger partial charge in [-0.3, -0.25) is 0 Å². The van der Waals surface area contributed by atoms with E-state index in [-0.39, 0.29) is 0 Å². The van der Waals surface area contributed by atoms with Crippen molar-refractivity contribution in [1.82, 2.24) is 9.80 Å². The van der Waals surface area contributed by atoms with Crippen LogP contribution in [0.15, 0.2) is 35.0 Å². The summed E-state index contributed by atoms with van der Waals surface area (Å²) in [4.78, 5) is 6.69. The second-order valence-corrected chi connectivity index (χ2v) is 10.9. The molecule has 2 aromatic rings. The molecule has 0 unspecified atom stereocenters.